The van der Waals surface area contributed by atoms with Gasteiger partial charge >= 0.3 is 0 Å². The first-order valence-electron chi connectivity index (χ1n) is 7.19. The van der Waals surface area contributed by atoms with Crippen molar-refractivity contribution in [3.05, 3.63) is 30.5 Å². The summed E-state index contributed by atoms with van der Waals surface area (Å²) in [6, 6.07) is 11.2. The van der Waals surface area contributed by atoms with Crippen LogP contribution in [0.4, 0.5) is 5.69 Å². The zero-order valence-electron chi connectivity index (χ0n) is 12.8. The molecule has 1 aromatic carbocycles. The first-order chi connectivity index (χ1) is 10.4. The van der Waals surface area contributed by atoms with Gasteiger partial charge in [-0.05, 0) is 18.2 Å². The summed E-state index contributed by atoms with van der Waals surface area (Å²) in [6.07, 6.45) is 7.41. The third kappa shape index (κ3) is 3.79. The van der Waals surface area contributed by atoms with Crippen LogP contribution in [0.15, 0.2) is 30.5 Å². The van der Waals surface area contributed by atoms with Crippen LogP contribution in [-0.2, 0) is 4.79 Å². The quantitative estimate of drug-likeness (QED) is 0.819. The monoisotopic (exact) mass is 285 g/mol. The fraction of sp³-hybridized carbons (Fsp3) is 0.353. The summed E-state index contributed by atoms with van der Waals surface area (Å²) in [7, 11) is 0. The van der Waals surface area contributed by atoms with E-state index in [1.165, 1.54) is 16.6 Å². The largest absolute Gasteiger partial charge is 0.367 e. The first kappa shape index (κ1) is 16.6. The molecule has 0 atom stereocenters. The van der Waals surface area contributed by atoms with Crippen molar-refractivity contribution in [3.8, 4) is 12.5 Å². The lowest BCUT2D eigenvalue weighted by molar-refractivity contribution is -0.0979. The normalized spacial score (nSPS) is 13.6. The van der Waals surface area contributed by atoms with E-state index in [0.717, 1.165) is 26.2 Å². The van der Waals surface area contributed by atoms with Crippen LogP contribution in [0, 0.1) is 12.5 Å². The van der Waals surface area contributed by atoms with E-state index < -0.39 is 0 Å². The number of aromatic amines is 1. The molecule has 2 aromatic rings. The van der Waals surface area contributed by atoms with Crippen molar-refractivity contribution in [2.24, 2.45) is 0 Å². The van der Waals surface area contributed by atoms with Crippen molar-refractivity contribution in [3.63, 3.8) is 0 Å². The molecule has 1 aromatic heterocycles. The van der Waals surface area contributed by atoms with E-state index in [4.69, 9.17) is 11.2 Å². The second-order valence-electron chi connectivity index (χ2n) is 4.32. The highest BCUT2D eigenvalue weighted by atomic mass is 16.1. The smallest absolute Gasteiger partial charge is 0.106 e. The number of anilines is 1. The van der Waals surface area contributed by atoms with E-state index >= 15 is 0 Å². The third-order valence-electron chi connectivity index (χ3n) is 3.37. The lowest BCUT2D eigenvalue weighted by Crippen LogP contribution is -2.44. The fourth-order valence-corrected chi connectivity index (χ4v) is 2.42. The van der Waals surface area contributed by atoms with Crippen LogP contribution >= 0.6 is 0 Å². The molecular formula is C17H23N3O. The van der Waals surface area contributed by atoms with Gasteiger partial charge in [0.15, 0.2) is 0 Å². The number of terminal acetylenes is 1. The molecule has 0 amide bonds. The molecule has 1 saturated heterocycles. The molecule has 0 unspecified atom stereocenters. The van der Waals surface area contributed by atoms with Gasteiger partial charge in [0.2, 0.25) is 0 Å². The number of aromatic nitrogens is 1. The number of nitrogens with one attached hydrogen (secondary N) is 1. The maximum absolute atomic E-state index is 8.00. The second-order valence-corrected chi connectivity index (χ2v) is 4.32. The zero-order valence-corrected chi connectivity index (χ0v) is 12.8. The van der Waals surface area contributed by atoms with Gasteiger partial charge in [0.25, 0.3) is 0 Å². The van der Waals surface area contributed by atoms with Crippen molar-refractivity contribution < 1.29 is 4.79 Å². The van der Waals surface area contributed by atoms with E-state index in [1.54, 1.807) is 0 Å². The predicted octanol–water partition coefficient (Wildman–Crippen LogP) is 2.72. The van der Waals surface area contributed by atoms with Crippen molar-refractivity contribution in [1.82, 2.24) is 9.88 Å². The van der Waals surface area contributed by atoms with E-state index in [1.807, 2.05) is 31.7 Å². The van der Waals surface area contributed by atoms with E-state index in [-0.39, 0.29) is 0 Å². The molecule has 112 valence electrons. The molecule has 0 spiro atoms. The minimum Gasteiger partial charge on any atom is -0.367 e. The fourth-order valence-electron chi connectivity index (χ4n) is 2.42. The van der Waals surface area contributed by atoms with Crippen LogP contribution in [0.1, 0.15) is 13.8 Å². The summed E-state index contributed by atoms with van der Waals surface area (Å²) in [6.45, 7) is 9.87. The van der Waals surface area contributed by atoms with Crippen molar-refractivity contribution >= 4 is 23.4 Å². The molecule has 2 heterocycles. The Morgan fingerprint density at radius 3 is 2.43 bits per heavy atom. The SMILES string of the molecule is C#CN1CCN(c2cccc3[nH]ccc23)CC1.C=O.CC. The molecule has 0 aliphatic carbocycles. The number of hydrogen-bond donors (Lipinski definition) is 1. The van der Waals surface area contributed by atoms with Crippen LogP contribution in [0.25, 0.3) is 10.9 Å². The molecule has 0 bridgehead atoms. The van der Waals surface area contributed by atoms with Gasteiger partial charge in [-0.2, -0.15) is 0 Å². The Morgan fingerprint density at radius 1 is 1.14 bits per heavy atom. The Hall–Kier alpha value is -2.41. The van der Waals surface area contributed by atoms with Crippen LogP contribution in [0.2, 0.25) is 0 Å². The van der Waals surface area contributed by atoms with Crippen LogP contribution in [-0.4, -0.2) is 42.9 Å². The van der Waals surface area contributed by atoms with Gasteiger partial charge in [-0.3, -0.25) is 0 Å². The van der Waals surface area contributed by atoms with Gasteiger partial charge < -0.3 is 19.6 Å². The standard InChI is InChI=1S/C14H15N3.C2H6.CH2O/c1-2-16-8-10-17(11-9-16)14-5-3-4-13-12(14)6-7-15-13;2*1-2/h1,3-7,15H,8-11H2;1-2H3;1H2. The maximum atomic E-state index is 8.00. The molecule has 1 fully saturated rings. The Morgan fingerprint density at radius 2 is 1.81 bits per heavy atom. The summed E-state index contributed by atoms with van der Waals surface area (Å²) < 4.78 is 0. The average molecular weight is 285 g/mol. The molecule has 1 aliphatic heterocycles. The summed E-state index contributed by atoms with van der Waals surface area (Å²) in [5.41, 5.74) is 2.50. The van der Waals surface area contributed by atoms with E-state index in [9.17, 15) is 0 Å². The lowest BCUT2D eigenvalue weighted by Gasteiger charge is -2.34. The Kier molecular flexibility index (Phi) is 6.90. The molecule has 4 nitrogen and oxygen atoms in total. The van der Waals surface area contributed by atoms with Crippen LogP contribution in [0.3, 0.4) is 0 Å². The lowest BCUT2D eigenvalue weighted by atomic mass is 10.2. The molecule has 3 rings (SSSR count). The van der Waals surface area contributed by atoms with Gasteiger partial charge in [-0.15, -0.1) is 0 Å². The number of piperazine rings is 1. The van der Waals surface area contributed by atoms with E-state index in [2.05, 4.69) is 40.2 Å². The van der Waals surface area contributed by atoms with Crippen molar-refractivity contribution in [2.75, 3.05) is 31.1 Å². The average Bonchev–Trinajstić information content (AvgIpc) is 3.07. The number of carbonyl (C=O) groups is 1. The summed E-state index contributed by atoms with van der Waals surface area (Å²) in [5, 5.41) is 1.29. The van der Waals surface area contributed by atoms with E-state index in [0.29, 0.717) is 0 Å². The second kappa shape index (κ2) is 8.70. The Bertz CT molecular complexity index is 577. The first-order valence-corrected chi connectivity index (χ1v) is 7.19. The highest BCUT2D eigenvalue weighted by Crippen LogP contribution is 2.26. The maximum Gasteiger partial charge on any atom is 0.106 e. The predicted molar refractivity (Wildman–Crippen MR) is 89.4 cm³/mol. The van der Waals surface area contributed by atoms with Crippen molar-refractivity contribution in [2.45, 2.75) is 13.8 Å². The summed E-state index contributed by atoms with van der Waals surface area (Å²) in [5.74, 6) is 0. The number of H-pyrrole nitrogens is 1. The van der Waals surface area contributed by atoms with Gasteiger partial charge in [0.05, 0.1) is 0 Å². The molecule has 1 N–H and O–H groups in total. The highest BCUT2D eigenvalue weighted by molar-refractivity contribution is 5.92. The Balaban J connectivity index is 0.000000510. The van der Waals surface area contributed by atoms with Gasteiger partial charge in [-0.25, -0.2) is 0 Å². The number of rotatable bonds is 1. The van der Waals surface area contributed by atoms with Crippen LogP contribution in [0.5, 0.6) is 0 Å². The van der Waals surface area contributed by atoms with Gasteiger partial charge in [-0.1, -0.05) is 26.3 Å². The number of benzene rings is 1. The number of hydrogen-bond acceptors (Lipinski definition) is 3. The molecule has 21 heavy (non-hydrogen) atoms. The minimum atomic E-state index is 0.942. The molecular weight excluding hydrogens is 262 g/mol. The topological polar surface area (TPSA) is 39.3 Å². The van der Waals surface area contributed by atoms with Crippen molar-refractivity contribution in [1.29, 1.82) is 0 Å². The Labute approximate surface area is 126 Å². The molecule has 0 saturated carbocycles. The highest BCUT2D eigenvalue weighted by Gasteiger charge is 2.16. The molecule has 1 aliphatic rings. The number of fused-ring (bicyclic) bond motifs is 1. The molecule has 0 radical (unpaired) electrons. The van der Waals surface area contributed by atoms with Gasteiger partial charge in [0.1, 0.15) is 6.79 Å². The zero-order chi connectivity index (χ0) is 15.7. The number of nitrogens with zero attached hydrogens (tertiary/aromatic N) is 2. The molecule has 4 heteroatoms. The minimum absolute atomic E-state index is 0.942. The third-order valence-corrected chi connectivity index (χ3v) is 3.37. The number of carbonyl (C=O) groups excluding carboxylic acids is 1. The summed E-state index contributed by atoms with van der Waals surface area (Å²) >= 11 is 0. The van der Waals surface area contributed by atoms with Gasteiger partial charge in [0, 0.05) is 55.0 Å². The van der Waals surface area contributed by atoms with Crippen LogP contribution < -0.4 is 4.90 Å². The summed E-state index contributed by atoms with van der Waals surface area (Å²) in [4.78, 5) is 15.7.